The smallest absolute Gasteiger partial charge is 0.326 e. The summed E-state index contributed by atoms with van der Waals surface area (Å²) in [4.78, 5) is 81.7. The third-order valence-electron chi connectivity index (χ3n) is 4.61. The van der Waals surface area contributed by atoms with Crippen molar-refractivity contribution in [2.45, 2.75) is 69.1 Å². The van der Waals surface area contributed by atoms with Gasteiger partial charge in [-0.3, -0.25) is 28.8 Å². The van der Waals surface area contributed by atoms with E-state index in [1.165, 1.54) is 0 Å². The highest BCUT2D eigenvalue weighted by molar-refractivity contribution is 5.95. The number of carboxylic acids is 3. The van der Waals surface area contributed by atoms with Crippen LogP contribution in [0.5, 0.6) is 0 Å². The van der Waals surface area contributed by atoms with E-state index in [1.54, 1.807) is 0 Å². The van der Waals surface area contributed by atoms with E-state index in [0.717, 1.165) is 0 Å². The van der Waals surface area contributed by atoms with Crippen LogP contribution in [0.1, 0.15) is 44.9 Å². The van der Waals surface area contributed by atoms with E-state index in [1.807, 2.05) is 5.32 Å². The Morgan fingerprint density at radius 3 is 1.66 bits per heavy atom. The molecule has 0 aliphatic rings. The summed E-state index contributed by atoms with van der Waals surface area (Å²) in [6.07, 6.45) is -1.62. The first-order chi connectivity index (χ1) is 16.3. The van der Waals surface area contributed by atoms with Gasteiger partial charge in [0.15, 0.2) is 0 Å². The zero-order valence-electron chi connectivity index (χ0n) is 18.9. The van der Waals surface area contributed by atoms with Gasteiger partial charge >= 0.3 is 17.9 Å². The summed E-state index contributed by atoms with van der Waals surface area (Å²) in [6, 6.07) is -6.02. The van der Waals surface area contributed by atoms with Crippen LogP contribution < -0.4 is 33.2 Å². The van der Waals surface area contributed by atoms with Crippen LogP contribution in [0.2, 0.25) is 0 Å². The van der Waals surface area contributed by atoms with Gasteiger partial charge < -0.3 is 48.5 Å². The van der Waals surface area contributed by atoms with Crippen molar-refractivity contribution in [2.24, 2.45) is 17.2 Å². The SMILES string of the molecule is NCCCCC(NC(=O)C(N)CC(N)=O)C(=O)NC(CCC(=O)O)C(=O)NC(CC(=O)O)C(=O)O. The van der Waals surface area contributed by atoms with Crippen LogP contribution in [0.3, 0.4) is 0 Å². The number of rotatable bonds is 18. The van der Waals surface area contributed by atoms with Crippen molar-refractivity contribution in [1.82, 2.24) is 16.0 Å². The fourth-order valence-corrected chi connectivity index (χ4v) is 2.81. The fraction of sp³-hybridized carbons (Fsp3) is 0.632. The second-order valence-electron chi connectivity index (χ2n) is 7.61. The van der Waals surface area contributed by atoms with Crippen molar-refractivity contribution in [3.63, 3.8) is 0 Å². The second kappa shape index (κ2) is 15.9. The molecule has 198 valence electrons. The predicted octanol–water partition coefficient (Wildman–Crippen LogP) is -3.80. The molecule has 0 fully saturated rings. The molecular formula is C19H32N6O10. The third kappa shape index (κ3) is 13.5. The average Bonchev–Trinajstić information content (AvgIpc) is 2.74. The molecule has 0 aliphatic carbocycles. The van der Waals surface area contributed by atoms with Crippen LogP contribution in [-0.2, 0) is 33.6 Å². The molecule has 0 radical (unpaired) electrons. The summed E-state index contributed by atoms with van der Waals surface area (Å²) in [7, 11) is 0. The maximum absolute atomic E-state index is 12.8. The number of unbranched alkanes of at least 4 members (excludes halogenated alkanes) is 1. The van der Waals surface area contributed by atoms with Crippen LogP contribution in [0.15, 0.2) is 0 Å². The molecular weight excluding hydrogens is 472 g/mol. The molecule has 4 amide bonds. The van der Waals surface area contributed by atoms with Crippen LogP contribution in [0.25, 0.3) is 0 Å². The first kappa shape index (κ1) is 31.2. The zero-order chi connectivity index (χ0) is 27.1. The monoisotopic (exact) mass is 504 g/mol. The largest absolute Gasteiger partial charge is 0.481 e. The van der Waals surface area contributed by atoms with Crippen LogP contribution >= 0.6 is 0 Å². The number of carbonyl (C=O) groups is 7. The van der Waals surface area contributed by atoms with E-state index in [4.69, 9.17) is 32.5 Å². The van der Waals surface area contributed by atoms with Gasteiger partial charge in [0.05, 0.1) is 18.9 Å². The first-order valence-electron chi connectivity index (χ1n) is 10.6. The Kier molecular flexibility index (Phi) is 14.2. The summed E-state index contributed by atoms with van der Waals surface area (Å²) in [5.41, 5.74) is 16.0. The van der Waals surface area contributed by atoms with Gasteiger partial charge in [0, 0.05) is 6.42 Å². The van der Waals surface area contributed by atoms with Gasteiger partial charge in [-0.05, 0) is 32.2 Å². The molecule has 16 heteroatoms. The maximum Gasteiger partial charge on any atom is 0.326 e. The Morgan fingerprint density at radius 2 is 1.20 bits per heavy atom. The lowest BCUT2D eigenvalue weighted by molar-refractivity contribution is -0.147. The molecule has 4 atom stereocenters. The standard InChI is InChI=1S/C19H32N6O10/c20-6-2-1-3-10(23-16(31)9(21)7-13(22)26)17(32)24-11(4-5-14(27)28)18(33)25-12(19(34)35)8-15(29)30/h9-12H,1-8,20-21H2,(H2,22,26)(H,23,31)(H,24,32)(H,25,33)(H,27,28)(H,29,30)(H,34,35). The highest BCUT2D eigenvalue weighted by Gasteiger charge is 2.31. The zero-order valence-corrected chi connectivity index (χ0v) is 18.9. The summed E-state index contributed by atoms with van der Waals surface area (Å²) in [5, 5.41) is 33.4. The Labute approximate surface area is 199 Å². The summed E-state index contributed by atoms with van der Waals surface area (Å²) in [5.74, 6) is -8.27. The molecule has 0 aromatic carbocycles. The molecule has 0 spiro atoms. The molecule has 4 unspecified atom stereocenters. The first-order valence-corrected chi connectivity index (χ1v) is 10.6. The lowest BCUT2D eigenvalue weighted by Gasteiger charge is -2.24. The molecule has 0 rings (SSSR count). The summed E-state index contributed by atoms with van der Waals surface area (Å²) >= 11 is 0. The van der Waals surface area contributed by atoms with Gasteiger partial charge in [0.2, 0.25) is 23.6 Å². The molecule has 35 heavy (non-hydrogen) atoms. The fourth-order valence-electron chi connectivity index (χ4n) is 2.81. The van der Waals surface area contributed by atoms with Gasteiger partial charge in [-0.25, -0.2) is 4.79 Å². The van der Waals surface area contributed by atoms with Gasteiger partial charge in [-0.2, -0.15) is 0 Å². The number of carbonyl (C=O) groups excluding carboxylic acids is 4. The summed E-state index contributed by atoms with van der Waals surface area (Å²) in [6.45, 7) is 0.285. The third-order valence-corrected chi connectivity index (χ3v) is 4.61. The van der Waals surface area contributed by atoms with E-state index in [2.05, 4.69) is 10.6 Å². The molecule has 0 saturated heterocycles. The molecule has 0 aliphatic heterocycles. The van der Waals surface area contributed by atoms with Crippen LogP contribution in [0.4, 0.5) is 0 Å². The Bertz CT molecular complexity index is 805. The number of nitrogens with two attached hydrogens (primary N) is 3. The van der Waals surface area contributed by atoms with E-state index in [0.29, 0.717) is 12.8 Å². The molecule has 0 aromatic heterocycles. The minimum atomic E-state index is -1.84. The Morgan fingerprint density at radius 1 is 0.686 bits per heavy atom. The van der Waals surface area contributed by atoms with Gasteiger partial charge in [0.25, 0.3) is 0 Å². The number of hydrogen-bond donors (Lipinski definition) is 9. The van der Waals surface area contributed by atoms with Gasteiger partial charge in [0.1, 0.15) is 18.1 Å². The maximum atomic E-state index is 12.8. The number of amides is 4. The van der Waals surface area contributed by atoms with Crippen LogP contribution in [-0.4, -0.2) is 87.6 Å². The minimum Gasteiger partial charge on any atom is -0.481 e. The second-order valence-corrected chi connectivity index (χ2v) is 7.61. The summed E-state index contributed by atoms with van der Waals surface area (Å²) < 4.78 is 0. The molecule has 12 N–H and O–H groups in total. The number of primary amides is 1. The highest BCUT2D eigenvalue weighted by Crippen LogP contribution is 2.06. The van der Waals surface area contributed by atoms with Crippen molar-refractivity contribution in [3.05, 3.63) is 0 Å². The number of hydrogen-bond acceptors (Lipinski definition) is 9. The van der Waals surface area contributed by atoms with E-state index in [9.17, 15) is 33.6 Å². The Balaban J connectivity index is 5.61. The molecule has 0 bridgehead atoms. The average molecular weight is 504 g/mol. The molecule has 0 aromatic rings. The quantitative estimate of drug-likeness (QED) is 0.0812. The molecule has 16 nitrogen and oxygen atoms in total. The normalized spacial score (nSPS) is 14.0. The van der Waals surface area contributed by atoms with Crippen LogP contribution in [0, 0.1) is 0 Å². The topological polar surface area (TPSA) is 294 Å². The van der Waals surface area contributed by atoms with Gasteiger partial charge in [-0.15, -0.1) is 0 Å². The van der Waals surface area contributed by atoms with Crippen molar-refractivity contribution in [2.75, 3.05) is 6.54 Å². The lowest BCUT2D eigenvalue weighted by atomic mass is 10.0. The van der Waals surface area contributed by atoms with E-state index < -0.39 is 91.4 Å². The highest BCUT2D eigenvalue weighted by atomic mass is 16.4. The van der Waals surface area contributed by atoms with Crippen molar-refractivity contribution in [3.8, 4) is 0 Å². The number of aliphatic carboxylic acids is 3. The molecule has 0 saturated carbocycles. The van der Waals surface area contributed by atoms with E-state index in [-0.39, 0.29) is 13.0 Å². The van der Waals surface area contributed by atoms with E-state index >= 15 is 0 Å². The van der Waals surface area contributed by atoms with Crippen molar-refractivity contribution in [1.29, 1.82) is 0 Å². The Hall–Kier alpha value is -3.79. The van der Waals surface area contributed by atoms with Gasteiger partial charge in [-0.1, -0.05) is 0 Å². The van der Waals surface area contributed by atoms with Crippen molar-refractivity contribution < 1.29 is 48.9 Å². The number of carboxylic acid groups (broad SMARTS) is 3. The lowest BCUT2D eigenvalue weighted by Crippen LogP contribution is -2.57. The molecule has 0 heterocycles. The number of nitrogens with one attached hydrogen (secondary N) is 3. The minimum absolute atomic E-state index is 0.0437. The predicted molar refractivity (Wildman–Crippen MR) is 117 cm³/mol. The van der Waals surface area contributed by atoms with Crippen molar-refractivity contribution >= 4 is 41.5 Å².